The number of esters is 1. The van der Waals surface area contributed by atoms with Crippen molar-refractivity contribution in [2.24, 2.45) is 0 Å². The van der Waals surface area contributed by atoms with E-state index in [1.165, 1.54) is 24.9 Å². The standard InChI is InChI=1S/C18H20BrNO2/c1-2-22-18(21)14-6-8-15-13(12-14)7-9-16(17(15)19)20-10-4-3-5-11-20/h6-9,12H,2-5,10-11H2,1H3. The second-order valence-corrected chi connectivity index (χ2v) is 6.40. The van der Waals surface area contributed by atoms with E-state index in [-0.39, 0.29) is 5.97 Å². The molecule has 1 aliphatic rings. The molecule has 0 radical (unpaired) electrons. The lowest BCUT2D eigenvalue weighted by Crippen LogP contribution is -2.29. The maximum Gasteiger partial charge on any atom is 0.338 e. The van der Waals surface area contributed by atoms with E-state index in [2.05, 4.69) is 33.0 Å². The number of fused-ring (bicyclic) bond motifs is 1. The van der Waals surface area contributed by atoms with Gasteiger partial charge in [0.1, 0.15) is 0 Å². The number of piperidine rings is 1. The molecular formula is C18H20BrNO2. The summed E-state index contributed by atoms with van der Waals surface area (Å²) < 4.78 is 6.18. The zero-order chi connectivity index (χ0) is 15.5. The Bertz CT molecular complexity index is 693. The van der Waals surface area contributed by atoms with Crippen molar-refractivity contribution in [1.82, 2.24) is 0 Å². The molecule has 22 heavy (non-hydrogen) atoms. The topological polar surface area (TPSA) is 29.5 Å². The highest BCUT2D eigenvalue weighted by molar-refractivity contribution is 9.10. The van der Waals surface area contributed by atoms with Crippen LogP contribution in [0.15, 0.2) is 34.8 Å². The van der Waals surface area contributed by atoms with Gasteiger partial charge in [-0.05, 0) is 71.1 Å². The van der Waals surface area contributed by atoms with Gasteiger partial charge in [-0.3, -0.25) is 0 Å². The summed E-state index contributed by atoms with van der Waals surface area (Å²) in [5, 5.41) is 2.19. The monoisotopic (exact) mass is 361 g/mol. The van der Waals surface area contributed by atoms with Crippen LogP contribution in [0.1, 0.15) is 36.5 Å². The van der Waals surface area contributed by atoms with Gasteiger partial charge >= 0.3 is 5.97 Å². The van der Waals surface area contributed by atoms with Gasteiger partial charge in [0.2, 0.25) is 0 Å². The van der Waals surface area contributed by atoms with E-state index in [1.807, 2.05) is 25.1 Å². The van der Waals surface area contributed by atoms with Crippen molar-refractivity contribution in [2.75, 3.05) is 24.6 Å². The summed E-state index contributed by atoms with van der Waals surface area (Å²) in [6.45, 7) is 4.45. The minimum atomic E-state index is -0.263. The molecule has 3 nitrogen and oxygen atoms in total. The van der Waals surface area contributed by atoms with Crippen molar-refractivity contribution in [3.63, 3.8) is 0 Å². The molecule has 0 N–H and O–H groups in total. The fraction of sp³-hybridized carbons (Fsp3) is 0.389. The third-order valence-electron chi connectivity index (χ3n) is 4.14. The van der Waals surface area contributed by atoms with Gasteiger partial charge in [-0.25, -0.2) is 4.79 Å². The molecule has 3 rings (SSSR count). The zero-order valence-electron chi connectivity index (χ0n) is 12.8. The third kappa shape index (κ3) is 2.98. The molecule has 4 heteroatoms. The number of hydrogen-bond donors (Lipinski definition) is 0. The Hall–Kier alpha value is -1.55. The summed E-state index contributed by atoms with van der Waals surface area (Å²) in [7, 11) is 0. The van der Waals surface area contributed by atoms with Gasteiger partial charge in [-0.15, -0.1) is 0 Å². The van der Waals surface area contributed by atoms with Gasteiger partial charge in [0, 0.05) is 17.6 Å². The molecule has 0 aliphatic carbocycles. The van der Waals surface area contributed by atoms with E-state index in [1.54, 1.807) is 0 Å². The molecule has 0 bridgehead atoms. The number of benzene rings is 2. The average Bonchev–Trinajstić information content (AvgIpc) is 2.56. The number of carbonyl (C=O) groups excluding carboxylic acids is 1. The second-order valence-electron chi connectivity index (χ2n) is 5.60. The average molecular weight is 362 g/mol. The molecule has 2 aromatic rings. The summed E-state index contributed by atoms with van der Waals surface area (Å²) in [5.41, 5.74) is 1.85. The molecule has 2 aromatic carbocycles. The van der Waals surface area contributed by atoms with Gasteiger partial charge < -0.3 is 9.64 Å². The normalized spacial score (nSPS) is 15.1. The number of carbonyl (C=O) groups is 1. The third-order valence-corrected chi connectivity index (χ3v) is 4.97. The molecule has 0 saturated carbocycles. The van der Waals surface area contributed by atoms with Crippen molar-refractivity contribution in [1.29, 1.82) is 0 Å². The van der Waals surface area contributed by atoms with Gasteiger partial charge in [0.15, 0.2) is 0 Å². The quantitative estimate of drug-likeness (QED) is 0.737. The first-order valence-electron chi connectivity index (χ1n) is 7.85. The second kappa shape index (κ2) is 6.69. The Balaban J connectivity index is 1.97. The van der Waals surface area contributed by atoms with Crippen LogP contribution >= 0.6 is 15.9 Å². The van der Waals surface area contributed by atoms with Crippen LogP contribution in [0, 0.1) is 0 Å². The number of hydrogen-bond acceptors (Lipinski definition) is 3. The summed E-state index contributed by atoms with van der Waals surface area (Å²) in [5.74, 6) is -0.263. The van der Waals surface area contributed by atoms with Crippen LogP contribution in [-0.2, 0) is 4.74 Å². The number of halogens is 1. The van der Waals surface area contributed by atoms with Crippen molar-refractivity contribution in [2.45, 2.75) is 26.2 Å². The Morgan fingerprint density at radius 3 is 2.68 bits per heavy atom. The number of nitrogens with zero attached hydrogens (tertiary/aromatic N) is 1. The van der Waals surface area contributed by atoms with E-state index in [0.717, 1.165) is 28.3 Å². The predicted molar refractivity (Wildman–Crippen MR) is 93.7 cm³/mol. The lowest BCUT2D eigenvalue weighted by atomic mass is 10.0. The molecule has 0 atom stereocenters. The van der Waals surface area contributed by atoms with Crippen LogP contribution in [0.5, 0.6) is 0 Å². The van der Waals surface area contributed by atoms with Crippen LogP contribution in [0.4, 0.5) is 5.69 Å². The lowest BCUT2D eigenvalue weighted by molar-refractivity contribution is 0.0526. The van der Waals surface area contributed by atoms with Crippen LogP contribution in [0.3, 0.4) is 0 Å². The molecule has 1 saturated heterocycles. The molecule has 1 fully saturated rings. The molecule has 1 heterocycles. The van der Waals surface area contributed by atoms with Gasteiger partial charge in [0.25, 0.3) is 0 Å². The van der Waals surface area contributed by atoms with Crippen molar-refractivity contribution in [3.8, 4) is 0 Å². The van der Waals surface area contributed by atoms with E-state index < -0.39 is 0 Å². The van der Waals surface area contributed by atoms with Crippen molar-refractivity contribution in [3.05, 3.63) is 40.4 Å². The maximum absolute atomic E-state index is 11.8. The number of rotatable bonds is 3. The Kier molecular flexibility index (Phi) is 4.67. The summed E-state index contributed by atoms with van der Waals surface area (Å²) in [4.78, 5) is 14.3. The molecule has 0 unspecified atom stereocenters. The minimum absolute atomic E-state index is 0.263. The fourth-order valence-corrected chi connectivity index (χ4v) is 3.74. The number of ether oxygens (including phenoxy) is 1. The molecular weight excluding hydrogens is 342 g/mol. The Labute approximate surface area is 139 Å². The van der Waals surface area contributed by atoms with Gasteiger partial charge in [-0.1, -0.05) is 12.1 Å². The van der Waals surface area contributed by atoms with Crippen LogP contribution in [0.2, 0.25) is 0 Å². The zero-order valence-corrected chi connectivity index (χ0v) is 14.4. The predicted octanol–water partition coefficient (Wildman–Crippen LogP) is 4.77. The molecule has 1 aliphatic heterocycles. The Morgan fingerprint density at radius 2 is 1.95 bits per heavy atom. The Morgan fingerprint density at radius 1 is 1.18 bits per heavy atom. The van der Waals surface area contributed by atoms with Crippen molar-refractivity contribution >= 4 is 38.4 Å². The van der Waals surface area contributed by atoms with E-state index in [9.17, 15) is 4.79 Å². The van der Waals surface area contributed by atoms with Crippen LogP contribution in [0.25, 0.3) is 10.8 Å². The largest absolute Gasteiger partial charge is 0.462 e. The molecule has 0 amide bonds. The summed E-state index contributed by atoms with van der Waals surface area (Å²) >= 11 is 3.75. The molecule has 116 valence electrons. The molecule has 0 aromatic heterocycles. The van der Waals surface area contributed by atoms with E-state index in [0.29, 0.717) is 12.2 Å². The highest BCUT2D eigenvalue weighted by atomic mass is 79.9. The first-order chi connectivity index (χ1) is 10.7. The smallest absolute Gasteiger partial charge is 0.338 e. The molecule has 0 spiro atoms. The van der Waals surface area contributed by atoms with Gasteiger partial charge in [-0.2, -0.15) is 0 Å². The maximum atomic E-state index is 11.8. The highest BCUT2D eigenvalue weighted by Crippen LogP contribution is 2.35. The van der Waals surface area contributed by atoms with E-state index >= 15 is 0 Å². The number of anilines is 1. The lowest BCUT2D eigenvalue weighted by Gasteiger charge is -2.30. The minimum Gasteiger partial charge on any atom is -0.462 e. The van der Waals surface area contributed by atoms with Crippen LogP contribution in [-0.4, -0.2) is 25.7 Å². The first kappa shape index (κ1) is 15.3. The highest BCUT2D eigenvalue weighted by Gasteiger charge is 2.16. The van der Waals surface area contributed by atoms with Gasteiger partial charge in [0.05, 0.1) is 17.9 Å². The summed E-state index contributed by atoms with van der Waals surface area (Å²) in [6, 6.07) is 9.97. The fourth-order valence-electron chi connectivity index (χ4n) is 3.00. The first-order valence-corrected chi connectivity index (χ1v) is 8.64. The van der Waals surface area contributed by atoms with Crippen LogP contribution < -0.4 is 4.90 Å². The van der Waals surface area contributed by atoms with Crippen molar-refractivity contribution < 1.29 is 9.53 Å². The SMILES string of the molecule is CCOC(=O)c1ccc2c(Br)c(N3CCCCC3)ccc2c1. The summed E-state index contributed by atoms with van der Waals surface area (Å²) in [6.07, 6.45) is 3.84. The van der Waals surface area contributed by atoms with E-state index in [4.69, 9.17) is 4.74 Å².